The molecule has 0 spiro atoms. The third-order valence-corrected chi connectivity index (χ3v) is 7.05. The number of carbonyl (C=O) groups excluding carboxylic acids is 2. The molecule has 7 nitrogen and oxygen atoms in total. The van der Waals surface area contributed by atoms with E-state index >= 15 is 0 Å². The van der Waals surface area contributed by atoms with E-state index in [2.05, 4.69) is 16.7 Å². The zero-order valence-corrected chi connectivity index (χ0v) is 18.7. The van der Waals surface area contributed by atoms with Crippen molar-refractivity contribution in [3.8, 4) is 0 Å². The van der Waals surface area contributed by atoms with E-state index in [9.17, 15) is 19.5 Å². The number of carbonyl (C=O) groups is 3. The Hall–Kier alpha value is -3.35. The Balaban J connectivity index is 1.31. The minimum Gasteiger partial charge on any atom is -0.480 e. The van der Waals surface area contributed by atoms with Crippen LogP contribution < -0.4 is 15.5 Å². The second kappa shape index (κ2) is 8.89. The first-order valence-electron chi connectivity index (χ1n) is 11.9. The number of hydrogen-bond acceptors (Lipinski definition) is 3. The molecule has 0 unspecified atom stereocenters. The second-order valence-electron chi connectivity index (χ2n) is 9.25. The van der Waals surface area contributed by atoms with E-state index in [-0.39, 0.29) is 12.3 Å². The third-order valence-electron chi connectivity index (χ3n) is 7.05. The van der Waals surface area contributed by atoms with Crippen molar-refractivity contribution < 1.29 is 19.5 Å². The molecule has 0 aromatic heterocycles. The lowest BCUT2D eigenvalue weighted by Crippen LogP contribution is -2.44. The Kier molecular flexibility index (Phi) is 5.79. The molecule has 2 aliphatic carbocycles. The van der Waals surface area contributed by atoms with Gasteiger partial charge in [-0.2, -0.15) is 0 Å². The molecule has 3 N–H and O–H groups in total. The molecule has 33 heavy (non-hydrogen) atoms. The van der Waals surface area contributed by atoms with Gasteiger partial charge in [0.1, 0.15) is 6.04 Å². The van der Waals surface area contributed by atoms with E-state index in [1.807, 2.05) is 24.3 Å². The molecule has 3 aliphatic rings. The first-order valence-corrected chi connectivity index (χ1v) is 11.9. The third kappa shape index (κ3) is 4.32. The number of rotatable bonds is 6. The molecule has 2 aromatic carbocycles. The first-order chi connectivity index (χ1) is 16.0. The lowest BCUT2D eigenvalue weighted by molar-refractivity contribution is -0.139. The Bertz CT molecular complexity index is 1090. The van der Waals surface area contributed by atoms with Crippen LogP contribution in [0.1, 0.15) is 53.5 Å². The van der Waals surface area contributed by atoms with Crippen LogP contribution in [0, 0.1) is 0 Å². The SMILES string of the molecule is O=C(Nc1c2c(cc3c1CCC3)CCC2)N[C@H](Cc1cccc(N2CCCC2=O)c1)C(=O)O. The summed E-state index contributed by atoms with van der Waals surface area (Å²) in [5.74, 6) is -1.00. The molecule has 1 saturated heterocycles. The fourth-order valence-corrected chi connectivity index (χ4v) is 5.48. The van der Waals surface area contributed by atoms with Gasteiger partial charge in [-0.05, 0) is 84.9 Å². The smallest absolute Gasteiger partial charge is 0.326 e. The van der Waals surface area contributed by atoms with E-state index in [4.69, 9.17) is 0 Å². The molecule has 172 valence electrons. The summed E-state index contributed by atoms with van der Waals surface area (Å²) in [5.41, 5.74) is 7.48. The number of urea groups is 1. The van der Waals surface area contributed by atoms with Gasteiger partial charge in [0.15, 0.2) is 0 Å². The number of hydrogen-bond donors (Lipinski definition) is 3. The molecule has 1 aliphatic heterocycles. The number of aryl methyl sites for hydroxylation is 2. The van der Waals surface area contributed by atoms with Crippen LogP contribution in [0.15, 0.2) is 30.3 Å². The van der Waals surface area contributed by atoms with Crippen molar-refractivity contribution in [3.05, 3.63) is 58.1 Å². The normalized spacial score (nSPS) is 17.6. The second-order valence-corrected chi connectivity index (χ2v) is 9.25. The summed E-state index contributed by atoms with van der Waals surface area (Å²) >= 11 is 0. The average Bonchev–Trinajstić information content (AvgIpc) is 3.54. The molecule has 1 heterocycles. The summed E-state index contributed by atoms with van der Waals surface area (Å²) in [7, 11) is 0. The Morgan fingerprint density at radius 2 is 1.70 bits per heavy atom. The van der Waals surface area contributed by atoms with Crippen molar-refractivity contribution in [2.75, 3.05) is 16.8 Å². The van der Waals surface area contributed by atoms with Crippen LogP contribution in [0.4, 0.5) is 16.2 Å². The van der Waals surface area contributed by atoms with E-state index in [1.54, 1.807) is 4.90 Å². The highest BCUT2D eigenvalue weighted by molar-refractivity contribution is 5.96. The topological polar surface area (TPSA) is 98.7 Å². The van der Waals surface area contributed by atoms with Crippen molar-refractivity contribution in [1.29, 1.82) is 0 Å². The van der Waals surface area contributed by atoms with Crippen LogP contribution in [0.25, 0.3) is 0 Å². The van der Waals surface area contributed by atoms with Gasteiger partial charge in [-0.3, -0.25) is 4.79 Å². The van der Waals surface area contributed by atoms with Crippen molar-refractivity contribution in [1.82, 2.24) is 5.32 Å². The average molecular weight is 448 g/mol. The number of aliphatic carboxylic acids is 1. The largest absolute Gasteiger partial charge is 0.480 e. The monoisotopic (exact) mass is 447 g/mol. The minimum absolute atomic E-state index is 0.0855. The quantitative estimate of drug-likeness (QED) is 0.630. The van der Waals surface area contributed by atoms with Gasteiger partial charge in [-0.15, -0.1) is 0 Å². The predicted molar refractivity (Wildman–Crippen MR) is 126 cm³/mol. The Morgan fingerprint density at radius 3 is 2.33 bits per heavy atom. The highest BCUT2D eigenvalue weighted by Crippen LogP contribution is 2.38. The zero-order chi connectivity index (χ0) is 22.9. The molecule has 1 fully saturated rings. The molecular weight excluding hydrogens is 418 g/mol. The maximum atomic E-state index is 12.9. The highest BCUT2D eigenvalue weighted by Gasteiger charge is 2.27. The summed E-state index contributed by atoms with van der Waals surface area (Å²) in [4.78, 5) is 38.6. The lowest BCUT2D eigenvalue weighted by atomic mass is 9.99. The number of nitrogens with zero attached hydrogens (tertiary/aromatic N) is 1. The Morgan fingerprint density at radius 1 is 0.970 bits per heavy atom. The van der Waals surface area contributed by atoms with Crippen molar-refractivity contribution in [2.45, 2.75) is 63.8 Å². The van der Waals surface area contributed by atoms with Gasteiger partial charge in [0, 0.05) is 30.8 Å². The number of carboxylic acids is 1. The lowest BCUT2D eigenvalue weighted by Gasteiger charge is -2.20. The van der Waals surface area contributed by atoms with Crippen LogP contribution in [-0.2, 0) is 41.7 Å². The van der Waals surface area contributed by atoms with Gasteiger partial charge in [0.05, 0.1) is 0 Å². The van der Waals surface area contributed by atoms with Crippen molar-refractivity contribution in [3.63, 3.8) is 0 Å². The number of carboxylic acid groups (broad SMARTS) is 1. The van der Waals surface area contributed by atoms with Gasteiger partial charge >= 0.3 is 12.0 Å². The van der Waals surface area contributed by atoms with Crippen molar-refractivity contribution in [2.24, 2.45) is 0 Å². The maximum Gasteiger partial charge on any atom is 0.326 e. The molecule has 1 atom stereocenters. The summed E-state index contributed by atoms with van der Waals surface area (Å²) in [6.07, 6.45) is 7.64. The number of anilines is 2. The van der Waals surface area contributed by atoms with Crippen LogP contribution in [-0.4, -0.2) is 35.6 Å². The fraction of sp³-hybridized carbons (Fsp3) is 0.423. The maximum absolute atomic E-state index is 12.9. The minimum atomic E-state index is -1.09. The van der Waals surface area contributed by atoms with Gasteiger partial charge in [0.2, 0.25) is 5.91 Å². The van der Waals surface area contributed by atoms with Gasteiger partial charge < -0.3 is 20.6 Å². The molecule has 0 bridgehead atoms. The van der Waals surface area contributed by atoms with E-state index in [0.717, 1.165) is 61.9 Å². The summed E-state index contributed by atoms with van der Waals surface area (Å²) in [6, 6.07) is 8.10. The summed E-state index contributed by atoms with van der Waals surface area (Å²) in [5, 5.41) is 15.4. The molecule has 3 amide bonds. The fourth-order valence-electron chi connectivity index (χ4n) is 5.48. The number of nitrogens with one attached hydrogen (secondary N) is 2. The first kappa shape index (κ1) is 21.5. The highest BCUT2D eigenvalue weighted by atomic mass is 16.4. The van der Waals surface area contributed by atoms with E-state index in [0.29, 0.717) is 13.0 Å². The number of fused-ring (bicyclic) bond motifs is 2. The molecule has 2 aromatic rings. The van der Waals surface area contributed by atoms with E-state index < -0.39 is 18.0 Å². The number of benzene rings is 2. The van der Waals surface area contributed by atoms with Crippen LogP contribution >= 0.6 is 0 Å². The van der Waals surface area contributed by atoms with Gasteiger partial charge in [-0.1, -0.05) is 18.2 Å². The number of amides is 3. The Labute approximate surface area is 193 Å². The molecule has 7 heteroatoms. The predicted octanol–water partition coefficient (Wildman–Crippen LogP) is 3.61. The standard InChI is InChI=1S/C26H29N3O4/c30-23-11-4-12-29(23)19-8-1-5-16(13-19)14-22(25(31)32)27-26(33)28-24-20-9-2-6-17(20)15-18-7-3-10-21(18)24/h1,5,8,13,15,22H,2-4,6-7,9-12,14H2,(H,31,32)(H2,27,28,33)/t22-/m1/s1. The summed E-state index contributed by atoms with van der Waals surface area (Å²) < 4.78 is 0. The molecule has 0 radical (unpaired) electrons. The molecule has 0 saturated carbocycles. The van der Waals surface area contributed by atoms with Crippen LogP contribution in [0.2, 0.25) is 0 Å². The van der Waals surface area contributed by atoms with Gasteiger partial charge in [-0.25, -0.2) is 9.59 Å². The summed E-state index contributed by atoms with van der Waals surface area (Å²) in [6.45, 7) is 0.678. The van der Waals surface area contributed by atoms with Crippen LogP contribution in [0.5, 0.6) is 0 Å². The zero-order valence-electron chi connectivity index (χ0n) is 18.7. The molecular formula is C26H29N3O4. The van der Waals surface area contributed by atoms with Gasteiger partial charge in [0.25, 0.3) is 0 Å². The van der Waals surface area contributed by atoms with E-state index in [1.165, 1.54) is 22.3 Å². The van der Waals surface area contributed by atoms with Crippen molar-refractivity contribution >= 4 is 29.3 Å². The molecule has 5 rings (SSSR count). The van der Waals surface area contributed by atoms with Crippen LogP contribution in [0.3, 0.4) is 0 Å².